The van der Waals surface area contributed by atoms with E-state index in [9.17, 15) is 14.5 Å². The number of nitrogens with zero attached hydrogens (tertiary/aromatic N) is 4. The van der Waals surface area contributed by atoms with Gasteiger partial charge >= 0.3 is 13.7 Å². The van der Waals surface area contributed by atoms with Crippen molar-refractivity contribution in [2.75, 3.05) is 24.7 Å². The van der Waals surface area contributed by atoms with Crippen molar-refractivity contribution < 1.29 is 37.4 Å². The Hall–Kier alpha value is -3.36. The van der Waals surface area contributed by atoms with Crippen LogP contribution in [0.4, 0.5) is 16.2 Å². The van der Waals surface area contributed by atoms with Gasteiger partial charge in [0.1, 0.15) is 24.0 Å². The molecule has 1 unspecified atom stereocenters. The van der Waals surface area contributed by atoms with E-state index >= 15 is 4.39 Å². The Balaban J connectivity index is 1.41. The summed E-state index contributed by atoms with van der Waals surface area (Å²) in [5, 5.41) is 19.8. The highest BCUT2D eigenvalue weighted by molar-refractivity contribution is 7.52. The van der Waals surface area contributed by atoms with E-state index in [1.165, 1.54) is 30.0 Å². The normalized spacial score (nSPS) is 29.0. The third-order valence-corrected chi connectivity index (χ3v) is 8.63. The lowest BCUT2D eigenvalue weighted by molar-refractivity contribution is -0.149. The second-order valence-corrected chi connectivity index (χ2v) is 11.9. The fraction of sp³-hybridized carbons (Fsp3) is 0.520. The molecule has 16 heteroatoms. The number of carbonyl (C=O) groups is 1. The highest BCUT2D eigenvalue weighted by Crippen LogP contribution is 2.66. The number of aromatic nitrogens is 4. The molecule has 3 heterocycles. The number of esters is 1. The van der Waals surface area contributed by atoms with Gasteiger partial charge in [0.05, 0.1) is 12.4 Å². The molecule has 41 heavy (non-hydrogen) atoms. The van der Waals surface area contributed by atoms with Crippen LogP contribution in [0.25, 0.3) is 11.2 Å². The van der Waals surface area contributed by atoms with Gasteiger partial charge in [0, 0.05) is 14.1 Å². The average Bonchev–Trinajstić information content (AvgIpc) is 3.18. The number of rotatable bonds is 11. The summed E-state index contributed by atoms with van der Waals surface area (Å²) in [5.74, 6) is 0.148. The molecule has 1 aromatic carbocycles. The summed E-state index contributed by atoms with van der Waals surface area (Å²) in [5.41, 5.74) is -4.03. The number of hydrogen-bond donors (Lipinski definition) is 4. The van der Waals surface area contributed by atoms with E-state index in [-0.39, 0.29) is 17.3 Å². The van der Waals surface area contributed by atoms with Gasteiger partial charge in [-0.3, -0.25) is 13.9 Å². The molecule has 0 radical (unpaired) electrons. The summed E-state index contributed by atoms with van der Waals surface area (Å²) >= 11 is 0. The van der Waals surface area contributed by atoms with Crippen LogP contribution >= 0.6 is 7.75 Å². The molecule has 222 valence electrons. The standard InChI is InChI=1S/C25H33FN7O7P/c1-13(2)37-21(34)14(3)32-41(36,39-15-10-8-7-9-11-15)40-18-17-25(18,35)24(4,26)22(38-17)33-12-29-16-19(27-5)30-23(28-6)31-20(16)33/h7-14,17-18,22,35H,1-6H3,(H,32,36)(H2,27,28,30,31)/t14-,17+,18?,22+,24-,25-,41-/m0/s1. The van der Waals surface area contributed by atoms with Gasteiger partial charge in [-0.15, -0.1) is 0 Å². The van der Waals surface area contributed by atoms with Crippen LogP contribution in [0.5, 0.6) is 5.75 Å². The van der Waals surface area contributed by atoms with E-state index in [0.717, 1.165) is 6.92 Å². The van der Waals surface area contributed by atoms with Crippen molar-refractivity contribution in [1.29, 1.82) is 0 Å². The van der Waals surface area contributed by atoms with Crippen molar-refractivity contribution in [3.63, 3.8) is 0 Å². The number of fused-ring (bicyclic) bond motifs is 2. The number of benzene rings is 1. The lowest BCUT2D eigenvalue weighted by Gasteiger charge is -2.31. The fourth-order valence-electron chi connectivity index (χ4n) is 4.82. The van der Waals surface area contributed by atoms with Gasteiger partial charge in [-0.05, 0) is 39.8 Å². The van der Waals surface area contributed by atoms with Crippen LogP contribution in [0.3, 0.4) is 0 Å². The number of ether oxygens (including phenoxy) is 2. The van der Waals surface area contributed by atoms with E-state index in [1.807, 2.05) is 0 Å². The van der Waals surface area contributed by atoms with Gasteiger partial charge in [-0.1, -0.05) is 18.2 Å². The van der Waals surface area contributed by atoms with Gasteiger partial charge in [-0.2, -0.15) is 15.1 Å². The first-order valence-corrected chi connectivity index (χ1v) is 14.6. The summed E-state index contributed by atoms with van der Waals surface area (Å²) in [7, 11) is -1.09. The van der Waals surface area contributed by atoms with E-state index in [0.29, 0.717) is 11.3 Å². The fourth-order valence-corrected chi connectivity index (χ4v) is 6.52. The number of carbonyl (C=O) groups excluding carboxylic acids is 1. The molecule has 0 amide bonds. The Labute approximate surface area is 235 Å². The third kappa shape index (κ3) is 5.01. The number of imidazole rings is 1. The zero-order chi connectivity index (χ0) is 29.7. The first-order valence-electron chi connectivity index (χ1n) is 13.0. The maximum atomic E-state index is 16.5. The molecular weight excluding hydrogens is 560 g/mol. The molecule has 7 atom stereocenters. The van der Waals surface area contributed by atoms with E-state index in [4.69, 9.17) is 18.5 Å². The maximum Gasteiger partial charge on any atom is 0.459 e. The predicted molar refractivity (Wildman–Crippen MR) is 146 cm³/mol. The van der Waals surface area contributed by atoms with Crippen LogP contribution in [0.2, 0.25) is 0 Å². The van der Waals surface area contributed by atoms with E-state index in [1.54, 1.807) is 46.1 Å². The minimum Gasteiger partial charge on any atom is -0.462 e. The highest BCUT2D eigenvalue weighted by atomic mass is 31.2. The summed E-state index contributed by atoms with van der Waals surface area (Å²) < 4.78 is 54.4. The molecule has 2 fully saturated rings. The molecular formula is C25H33FN7O7P. The summed E-state index contributed by atoms with van der Waals surface area (Å²) in [6.07, 6.45) is -3.04. The van der Waals surface area contributed by atoms with Gasteiger partial charge in [0.2, 0.25) is 5.95 Å². The quantitative estimate of drug-likeness (QED) is 0.189. The zero-order valence-corrected chi connectivity index (χ0v) is 24.3. The zero-order valence-electron chi connectivity index (χ0n) is 23.4. The highest BCUT2D eigenvalue weighted by Gasteiger charge is 2.85. The number of alkyl halides is 1. The molecule has 3 aromatic rings. The van der Waals surface area contributed by atoms with Gasteiger partial charge in [0.15, 0.2) is 34.5 Å². The molecule has 1 aliphatic heterocycles. The van der Waals surface area contributed by atoms with E-state index < -0.39 is 55.6 Å². The summed E-state index contributed by atoms with van der Waals surface area (Å²) in [4.78, 5) is 25.4. The monoisotopic (exact) mass is 593 g/mol. The Kier molecular flexibility index (Phi) is 7.45. The smallest absolute Gasteiger partial charge is 0.459 e. The largest absolute Gasteiger partial charge is 0.462 e. The Morgan fingerprint density at radius 3 is 2.49 bits per heavy atom. The number of hydrogen-bond acceptors (Lipinski definition) is 12. The molecule has 0 bridgehead atoms. The summed E-state index contributed by atoms with van der Waals surface area (Å²) in [6.45, 7) is 5.93. The molecule has 4 N–H and O–H groups in total. The number of halogens is 1. The van der Waals surface area contributed by atoms with Crippen LogP contribution in [0.15, 0.2) is 36.7 Å². The molecule has 1 saturated heterocycles. The molecule has 5 rings (SSSR count). The Bertz CT molecular complexity index is 1490. The Morgan fingerprint density at radius 2 is 1.90 bits per heavy atom. The SMILES string of the molecule is CNc1nc(NC)c2ncn([C@@H]3O[C@@H]4C(O[P@](=O)(N[C@@H](C)C(=O)OC(C)C)Oc5ccccc5)[C@]4(O)[C@@]3(C)F)c2n1. The van der Waals surface area contributed by atoms with Crippen LogP contribution in [0, 0.1) is 0 Å². The number of aliphatic hydroxyl groups is 1. The summed E-state index contributed by atoms with van der Waals surface area (Å²) in [6, 6.07) is 6.99. The third-order valence-electron chi connectivity index (χ3n) is 6.97. The van der Waals surface area contributed by atoms with Crippen molar-refractivity contribution in [2.45, 2.75) is 69.5 Å². The second-order valence-electron chi connectivity index (χ2n) is 10.3. The predicted octanol–water partition coefficient (Wildman–Crippen LogP) is 2.78. The maximum absolute atomic E-state index is 16.5. The van der Waals surface area contributed by atoms with Crippen molar-refractivity contribution in [1.82, 2.24) is 24.6 Å². The lowest BCUT2D eigenvalue weighted by Crippen LogP contribution is -2.45. The number of para-hydroxylation sites is 1. The van der Waals surface area contributed by atoms with Crippen molar-refractivity contribution in [3.8, 4) is 5.75 Å². The number of anilines is 2. The molecule has 1 saturated carbocycles. The minimum absolute atomic E-state index is 0.164. The Morgan fingerprint density at radius 1 is 1.20 bits per heavy atom. The molecule has 2 aromatic heterocycles. The topological polar surface area (TPSA) is 171 Å². The van der Waals surface area contributed by atoms with Crippen molar-refractivity contribution >= 4 is 36.6 Å². The number of nitrogens with one attached hydrogen (secondary N) is 3. The van der Waals surface area contributed by atoms with Crippen molar-refractivity contribution in [3.05, 3.63) is 36.7 Å². The van der Waals surface area contributed by atoms with Crippen LogP contribution in [-0.4, -0.2) is 80.3 Å². The first-order chi connectivity index (χ1) is 19.3. The van der Waals surface area contributed by atoms with E-state index in [2.05, 4.69) is 30.7 Å². The van der Waals surface area contributed by atoms with Crippen LogP contribution < -0.4 is 20.2 Å². The first kappa shape index (κ1) is 29.1. The lowest BCUT2D eigenvalue weighted by atomic mass is 9.97. The second kappa shape index (κ2) is 10.5. The van der Waals surface area contributed by atoms with Gasteiger partial charge in [-0.25, -0.2) is 13.9 Å². The molecule has 1 aliphatic carbocycles. The van der Waals surface area contributed by atoms with Crippen molar-refractivity contribution in [2.24, 2.45) is 0 Å². The van der Waals surface area contributed by atoms with Gasteiger partial charge < -0.3 is 29.7 Å². The van der Waals surface area contributed by atoms with Gasteiger partial charge in [0.25, 0.3) is 0 Å². The van der Waals surface area contributed by atoms with Crippen LogP contribution in [-0.2, 0) is 23.4 Å². The van der Waals surface area contributed by atoms with Crippen LogP contribution in [0.1, 0.15) is 33.9 Å². The molecule has 14 nitrogen and oxygen atoms in total. The minimum atomic E-state index is -4.40. The molecule has 2 aliphatic rings. The molecule has 0 spiro atoms. The average molecular weight is 594 g/mol.